The van der Waals surface area contributed by atoms with E-state index < -0.39 is 29.1 Å². The number of hydrogen-bond acceptors (Lipinski definition) is 4. The topological polar surface area (TPSA) is 82.0 Å². The third-order valence-corrected chi connectivity index (χ3v) is 3.40. The zero-order chi connectivity index (χ0) is 19.9. The van der Waals surface area contributed by atoms with E-state index in [2.05, 4.69) is 10.6 Å². The number of nitrogens with one attached hydrogen (secondary N) is 2. The first kappa shape index (κ1) is 19.7. The molecular weight excluding hydrogens is 359 g/mol. The third-order valence-electron chi connectivity index (χ3n) is 3.40. The van der Waals surface area contributed by atoms with Crippen LogP contribution < -0.4 is 10.6 Å². The molecule has 2 aromatic rings. The standard InChI is InChI=1S/C19H14F3N3O2/c20-19(21,22)15-7-4-8-16(10-15)24-12-14(11-23)18(27)25-17(26)9-13-5-2-1-3-6-13/h1-8,10,12,24H,9H2,(H,25,26,27)/b14-12+. The molecule has 0 aliphatic carbocycles. The van der Waals surface area contributed by atoms with Gasteiger partial charge in [-0.25, -0.2) is 0 Å². The van der Waals surface area contributed by atoms with Crippen LogP contribution in [0.4, 0.5) is 18.9 Å². The second kappa shape index (κ2) is 8.67. The molecule has 2 aromatic carbocycles. The lowest BCUT2D eigenvalue weighted by molar-refractivity contribution is -0.137. The lowest BCUT2D eigenvalue weighted by Crippen LogP contribution is -2.32. The zero-order valence-corrected chi connectivity index (χ0v) is 13.9. The van der Waals surface area contributed by atoms with Crippen molar-refractivity contribution in [1.82, 2.24) is 5.32 Å². The summed E-state index contributed by atoms with van der Waals surface area (Å²) < 4.78 is 38.1. The molecule has 0 atom stereocenters. The molecule has 0 spiro atoms. The van der Waals surface area contributed by atoms with Crippen molar-refractivity contribution >= 4 is 17.5 Å². The van der Waals surface area contributed by atoms with Gasteiger partial charge in [0.25, 0.3) is 5.91 Å². The minimum atomic E-state index is -4.51. The van der Waals surface area contributed by atoms with Crippen molar-refractivity contribution in [2.24, 2.45) is 0 Å². The number of halogens is 3. The fourth-order valence-corrected chi connectivity index (χ4v) is 2.11. The summed E-state index contributed by atoms with van der Waals surface area (Å²) in [5.41, 5.74) is -0.593. The number of benzene rings is 2. The molecule has 138 valence electrons. The molecule has 2 rings (SSSR count). The molecule has 0 radical (unpaired) electrons. The van der Waals surface area contributed by atoms with Crippen molar-refractivity contribution in [3.63, 3.8) is 0 Å². The molecule has 0 heterocycles. The summed E-state index contributed by atoms with van der Waals surface area (Å²) >= 11 is 0. The summed E-state index contributed by atoms with van der Waals surface area (Å²) in [5.74, 6) is -1.55. The number of rotatable bonds is 5. The average molecular weight is 373 g/mol. The van der Waals surface area contributed by atoms with E-state index in [1.165, 1.54) is 12.1 Å². The lowest BCUT2D eigenvalue weighted by atomic mass is 10.1. The Labute approximate surface area is 153 Å². The van der Waals surface area contributed by atoms with Gasteiger partial charge < -0.3 is 5.32 Å². The van der Waals surface area contributed by atoms with Crippen molar-refractivity contribution < 1.29 is 22.8 Å². The SMILES string of the molecule is N#C/C(=C\Nc1cccc(C(F)(F)F)c1)C(=O)NC(=O)Cc1ccccc1. The summed E-state index contributed by atoms with van der Waals surface area (Å²) in [6.07, 6.45) is -3.62. The van der Waals surface area contributed by atoms with E-state index in [0.717, 1.165) is 18.3 Å². The van der Waals surface area contributed by atoms with Crippen LogP contribution in [0, 0.1) is 11.3 Å². The van der Waals surface area contributed by atoms with Gasteiger partial charge in [0.2, 0.25) is 5.91 Å². The Morgan fingerprint density at radius 3 is 2.41 bits per heavy atom. The van der Waals surface area contributed by atoms with E-state index in [4.69, 9.17) is 5.26 Å². The Bertz CT molecular complexity index is 900. The minimum Gasteiger partial charge on any atom is -0.360 e. The van der Waals surface area contributed by atoms with E-state index in [1.807, 2.05) is 0 Å². The molecule has 0 bridgehead atoms. The molecule has 0 aromatic heterocycles. The van der Waals surface area contributed by atoms with Crippen LogP contribution in [0.15, 0.2) is 66.4 Å². The van der Waals surface area contributed by atoms with Gasteiger partial charge in [0.05, 0.1) is 12.0 Å². The van der Waals surface area contributed by atoms with Crippen molar-refractivity contribution in [2.45, 2.75) is 12.6 Å². The number of hydrogen-bond donors (Lipinski definition) is 2. The van der Waals surface area contributed by atoms with E-state index in [0.29, 0.717) is 5.56 Å². The van der Waals surface area contributed by atoms with Crippen molar-refractivity contribution in [3.05, 3.63) is 77.5 Å². The molecule has 0 fully saturated rings. The Kier molecular flexibility index (Phi) is 6.33. The molecule has 0 saturated heterocycles. The molecule has 0 aliphatic rings. The number of nitriles is 1. The summed E-state index contributed by atoms with van der Waals surface area (Å²) in [6.45, 7) is 0. The minimum absolute atomic E-state index is 0.0426. The fraction of sp³-hybridized carbons (Fsp3) is 0.105. The molecule has 5 nitrogen and oxygen atoms in total. The first-order valence-corrected chi connectivity index (χ1v) is 7.72. The Morgan fingerprint density at radius 2 is 1.78 bits per heavy atom. The lowest BCUT2D eigenvalue weighted by Gasteiger charge is -2.09. The average Bonchev–Trinajstić information content (AvgIpc) is 2.62. The van der Waals surface area contributed by atoms with E-state index in [1.54, 1.807) is 36.4 Å². The number of amides is 2. The summed E-state index contributed by atoms with van der Waals surface area (Å²) in [5, 5.41) is 13.6. The number of carbonyl (C=O) groups excluding carboxylic acids is 2. The molecule has 8 heteroatoms. The molecule has 2 amide bonds. The van der Waals surface area contributed by atoms with Gasteiger partial charge in [-0.05, 0) is 23.8 Å². The Balaban J connectivity index is 2.02. The molecule has 0 unspecified atom stereocenters. The maximum absolute atomic E-state index is 12.7. The zero-order valence-electron chi connectivity index (χ0n) is 13.9. The summed E-state index contributed by atoms with van der Waals surface area (Å²) in [7, 11) is 0. The quantitative estimate of drug-likeness (QED) is 0.622. The second-order valence-corrected chi connectivity index (χ2v) is 5.43. The highest BCUT2D eigenvalue weighted by Gasteiger charge is 2.30. The van der Waals surface area contributed by atoms with Gasteiger partial charge in [-0.1, -0.05) is 36.4 Å². The van der Waals surface area contributed by atoms with Crippen LogP contribution >= 0.6 is 0 Å². The van der Waals surface area contributed by atoms with Crippen LogP contribution in [0.1, 0.15) is 11.1 Å². The Hall–Kier alpha value is -3.60. The van der Waals surface area contributed by atoms with Crippen molar-refractivity contribution in [2.75, 3.05) is 5.32 Å². The highest BCUT2D eigenvalue weighted by Crippen LogP contribution is 2.30. The smallest absolute Gasteiger partial charge is 0.360 e. The largest absolute Gasteiger partial charge is 0.416 e. The summed E-state index contributed by atoms with van der Waals surface area (Å²) in [4.78, 5) is 23.8. The van der Waals surface area contributed by atoms with Gasteiger partial charge in [-0.3, -0.25) is 14.9 Å². The number of imide groups is 1. The Morgan fingerprint density at radius 1 is 1.07 bits per heavy atom. The van der Waals surface area contributed by atoms with Gasteiger partial charge in [0, 0.05) is 11.9 Å². The maximum Gasteiger partial charge on any atom is 0.416 e. The molecular formula is C19H14F3N3O2. The van der Waals surface area contributed by atoms with Crippen LogP contribution in [0.5, 0.6) is 0 Å². The second-order valence-electron chi connectivity index (χ2n) is 5.43. The third kappa shape index (κ3) is 6.01. The normalized spacial score (nSPS) is 11.4. The first-order chi connectivity index (χ1) is 12.8. The van der Waals surface area contributed by atoms with Crippen molar-refractivity contribution in [3.8, 4) is 6.07 Å². The molecule has 2 N–H and O–H groups in total. The van der Waals surface area contributed by atoms with Crippen LogP contribution in [0.25, 0.3) is 0 Å². The fourth-order valence-electron chi connectivity index (χ4n) is 2.11. The molecule has 0 saturated carbocycles. The molecule has 0 aliphatic heterocycles. The van der Waals surface area contributed by atoms with Gasteiger partial charge in [-0.15, -0.1) is 0 Å². The first-order valence-electron chi connectivity index (χ1n) is 7.72. The van der Waals surface area contributed by atoms with Crippen LogP contribution in [-0.4, -0.2) is 11.8 Å². The number of nitrogens with zero attached hydrogens (tertiary/aromatic N) is 1. The number of anilines is 1. The van der Waals surface area contributed by atoms with Crippen LogP contribution in [-0.2, 0) is 22.2 Å². The predicted molar refractivity (Wildman–Crippen MR) is 92.1 cm³/mol. The predicted octanol–water partition coefficient (Wildman–Crippen LogP) is 3.41. The highest BCUT2D eigenvalue weighted by atomic mass is 19.4. The van der Waals surface area contributed by atoms with Crippen LogP contribution in [0.2, 0.25) is 0 Å². The maximum atomic E-state index is 12.7. The van der Waals surface area contributed by atoms with Crippen LogP contribution in [0.3, 0.4) is 0 Å². The van der Waals surface area contributed by atoms with E-state index in [-0.39, 0.29) is 12.1 Å². The van der Waals surface area contributed by atoms with Gasteiger partial charge in [-0.2, -0.15) is 18.4 Å². The summed E-state index contributed by atoms with van der Waals surface area (Å²) in [6, 6.07) is 14.5. The van der Waals surface area contributed by atoms with Gasteiger partial charge >= 0.3 is 6.18 Å². The van der Waals surface area contributed by atoms with Gasteiger partial charge in [0.15, 0.2) is 0 Å². The van der Waals surface area contributed by atoms with Gasteiger partial charge in [0.1, 0.15) is 11.6 Å². The van der Waals surface area contributed by atoms with E-state index >= 15 is 0 Å². The number of carbonyl (C=O) groups is 2. The van der Waals surface area contributed by atoms with Crippen molar-refractivity contribution in [1.29, 1.82) is 5.26 Å². The van der Waals surface area contributed by atoms with E-state index in [9.17, 15) is 22.8 Å². The monoisotopic (exact) mass is 373 g/mol. The number of alkyl halides is 3. The highest BCUT2D eigenvalue weighted by molar-refractivity contribution is 6.07. The molecule has 27 heavy (non-hydrogen) atoms.